The van der Waals surface area contributed by atoms with Gasteiger partial charge in [0.05, 0.1) is 11.8 Å². The van der Waals surface area contributed by atoms with Crippen molar-refractivity contribution in [1.29, 1.82) is 0 Å². The van der Waals surface area contributed by atoms with E-state index in [0.29, 0.717) is 45.1 Å². The topological polar surface area (TPSA) is 66.2 Å². The van der Waals surface area contributed by atoms with Crippen LogP contribution in [0.15, 0.2) is 53.1 Å². The maximum Gasteiger partial charge on any atom is 0.289 e. The quantitative estimate of drug-likeness (QED) is 0.747. The fraction of sp³-hybridized carbons (Fsp3) is 0.455. The molecule has 3 heterocycles. The summed E-state index contributed by atoms with van der Waals surface area (Å²) in [6.45, 7) is 6.34. The average molecular weight is 397 g/mol. The van der Waals surface area contributed by atoms with Gasteiger partial charge < -0.3 is 19.0 Å². The van der Waals surface area contributed by atoms with E-state index in [1.54, 1.807) is 17.0 Å². The first-order chi connectivity index (χ1) is 14.1. The number of amides is 2. The Kier molecular flexibility index (Phi) is 5.58. The van der Waals surface area contributed by atoms with E-state index in [9.17, 15) is 9.59 Å². The molecule has 0 bridgehead atoms. The number of nitrogens with zero attached hydrogens (tertiary/aromatic N) is 3. The van der Waals surface area contributed by atoms with Crippen molar-refractivity contribution in [3.05, 3.63) is 54.5 Å². The normalized spacial score (nSPS) is 22.2. The van der Waals surface area contributed by atoms with Gasteiger partial charge in [0.2, 0.25) is 5.91 Å². The number of ether oxygens (including phenoxy) is 1. The van der Waals surface area contributed by atoms with E-state index >= 15 is 0 Å². The van der Waals surface area contributed by atoms with E-state index in [1.165, 1.54) is 6.26 Å². The molecule has 2 aliphatic heterocycles. The second kappa shape index (κ2) is 8.29. The summed E-state index contributed by atoms with van der Waals surface area (Å²) in [4.78, 5) is 31.4. The van der Waals surface area contributed by atoms with Gasteiger partial charge >= 0.3 is 0 Å². The second-order valence-corrected chi connectivity index (χ2v) is 7.73. The van der Waals surface area contributed by atoms with Gasteiger partial charge in [0.1, 0.15) is 12.4 Å². The highest BCUT2D eigenvalue weighted by atomic mass is 16.5. The maximum atomic E-state index is 13.2. The van der Waals surface area contributed by atoms with E-state index in [-0.39, 0.29) is 11.8 Å². The molecular weight excluding hydrogens is 370 g/mol. The predicted molar refractivity (Wildman–Crippen MR) is 108 cm³/mol. The van der Waals surface area contributed by atoms with Crippen LogP contribution in [0, 0.1) is 0 Å². The Labute approximate surface area is 170 Å². The number of hydrogen-bond acceptors (Lipinski definition) is 5. The lowest BCUT2D eigenvalue weighted by Gasteiger charge is -2.51. The van der Waals surface area contributed by atoms with Crippen LogP contribution in [0.5, 0.6) is 5.75 Å². The molecule has 1 aromatic carbocycles. The van der Waals surface area contributed by atoms with E-state index < -0.39 is 5.54 Å². The number of furan rings is 1. The Hall–Kier alpha value is -2.80. The molecule has 0 radical (unpaired) electrons. The average Bonchev–Trinajstić information content (AvgIpc) is 3.30. The zero-order valence-corrected chi connectivity index (χ0v) is 16.8. The predicted octanol–water partition coefficient (Wildman–Crippen LogP) is 2.11. The molecule has 1 atom stereocenters. The summed E-state index contributed by atoms with van der Waals surface area (Å²) in [5.41, 5.74) is -0.479. The van der Waals surface area contributed by atoms with Gasteiger partial charge in [-0.15, -0.1) is 0 Å². The maximum absolute atomic E-state index is 13.2. The third-order valence-electron chi connectivity index (χ3n) is 5.99. The van der Waals surface area contributed by atoms with Gasteiger partial charge in [0.25, 0.3) is 5.91 Å². The van der Waals surface area contributed by atoms with Crippen molar-refractivity contribution in [3.8, 4) is 5.75 Å². The zero-order chi connectivity index (χ0) is 20.3. The van der Waals surface area contributed by atoms with Crippen LogP contribution in [0.25, 0.3) is 0 Å². The first-order valence-corrected chi connectivity index (χ1v) is 10.1. The van der Waals surface area contributed by atoms with Gasteiger partial charge in [-0.25, -0.2) is 0 Å². The Morgan fingerprint density at radius 1 is 1.00 bits per heavy atom. The van der Waals surface area contributed by atoms with Crippen LogP contribution in [0.4, 0.5) is 0 Å². The van der Waals surface area contributed by atoms with Crippen molar-refractivity contribution in [2.45, 2.75) is 18.9 Å². The Bertz CT molecular complexity index is 831. The zero-order valence-electron chi connectivity index (χ0n) is 16.8. The van der Waals surface area contributed by atoms with Crippen LogP contribution in [0.1, 0.15) is 23.9 Å². The number of benzene rings is 1. The third-order valence-corrected chi connectivity index (χ3v) is 5.99. The van der Waals surface area contributed by atoms with Crippen LogP contribution >= 0.6 is 0 Å². The molecule has 0 saturated carbocycles. The first kappa shape index (κ1) is 19.5. The molecule has 0 aliphatic carbocycles. The van der Waals surface area contributed by atoms with Gasteiger partial charge in [-0.05, 0) is 37.6 Å². The van der Waals surface area contributed by atoms with E-state index in [2.05, 4.69) is 4.90 Å². The number of carbonyl (C=O) groups excluding carboxylic acids is 2. The number of likely N-dealkylation sites (tertiary alicyclic amines) is 1. The molecule has 2 saturated heterocycles. The number of rotatable bonds is 6. The van der Waals surface area contributed by atoms with Crippen LogP contribution in [-0.4, -0.2) is 77.9 Å². The van der Waals surface area contributed by atoms with Gasteiger partial charge in [-0.1, -0.05) is 18.2 Å². The smallest absolute Gasteiger partial charge is 0.289 e. The number of para-hydroxylation sites is 1. The minimum Gasteiger partial charge on any atom is -0.492 e. The van der Waals surface area contributed by atoms with Crippen molar-refractivity contribution in [3.63, 3.8) is 0 Å². The standard InChI is InChI=1S/C22H27N3O4/c1-22(9-10-25(22)15-17-28-18-6-3-2-4-7-18)21(27)24-13-11-23(12-14-24)20(26)19-8-5-16-29-19/h2-8,16H,9-15,17H2,1H3. The van der Waals surface area contributed by atoms with Crippen molar-refractivity contribution >= 4 is 11.8 Å². The molecule has 4 rings (SSSR count). The van der Waals surface area contributed by atoms with Crippen LogP contribution in [0.2, 0.25) is 0 Å². The van der Waals surface area contributed by atoms with Crippen molar-refractivity contribution in [2.75, 3.05) is 45.9 Å². The summed E-state index contributed by atoms with van der Waals surface area (Å²) in [7, 11) is 0. The van der Waals surface area contributed by atoms with E-state index in [0.717, 1.165) is 18.7 Å². The monoisotopic (exact) mass is 397 g/mol. The molecule has 2 amide bonds. The molecule has 2 fully saturated rings. The van der Waals surface area contributed by atoms with Crippen molar-refractivity contribution < 1.29 is 18.7 Å². The molecule has 29 heavy (non-hydrogen) atoms. The van der Waals surface area contributed by atoms with Gasteiger partial charge in [0, 0.05) is 39.3 Å². The molecule has 154 valence electrons. The highest BCUT2D eigenvalue weighted by Crippen LogP contribution is 2.32. The fourth-order valence-electron chi connectivity index (χ4n) is 4.01. The lowest BCUT2D eigenvalue weighted by Crippen LogP contribution is -2.68. The molecule has 7 heteroatoms. The summed E-state index contributed by atoms with van der Waals surface area (Å²) in [6.07, 6.45) is 2.35. The van der Waals surface area contributed by atoms with Crippen LogP contribution in [0.3, 0.4) is 0 Å². The summed E-state index contributed by atoms with van der Waals surface area (Å²) in [6, 6.07) is 13.1. The van der Waals surface area contributed by atoms with Crippen LogP contribution in [-0.2, 0) is 4.79 Å². The first-order valence-electron chi connectivity index (χ1n) is 10.1. The van der Waals surface area contributed by atoms with Gasteiger partial charge in [-0.2, -0.15) is 0 Å². The van der Waals surface area contributed by atoms with Crippen LogP contribution < -0.4 is 4.74 Å². The summed E-state index contributed by atoms with van der Waals surface area (Å²) < 4.78 is 11.0. The molecule has 1 unspecified atom stereocenters. The second-order valence-electron chi connectivity index (χ2n) is 7.73. The Balaban J connectivity index is 1.27. The molecular formula is C22H27N3O4. The van der Waals surface area contributed by atoms with Gasteiger partial charge in [-0.3, -0.25) is 14.5 Å². The summed E-state index contributed by atoms with van der Waals surface area (Å²) in [5, 5.41) is 0. The number of piperazine rings is 1. The third kappa shape index (κ3) is 4.00. The number of carbonyl (C=O) groups is 2. The summed E-state index contributed by atoms with van der Waals surface area (Å²) in [5.74, 6) is 1.23. The fourth-order valence-corrected chi connectivity index (χ4v) is 4.01. The molecule has 0 N–H and O–H groups in total. The van der Waals surface area contributed by atoms with E-state index in [1.807, 2.05) is 42.2 Å². The minimum atomic E-state index is -0.479. The van der Waals surface area contributed by atoms with E-state index in [4.69, 9.17) is 9.15 Å². The largest absolute Gasteiger partial charge is 0.492 e. The highest BCUT2D eigenvalue weighted by Gasteiger charge is 2.48. The lowest BCUT2D eigenvalue weighted by atomic mass is 9.85. The molecule has 7 nitrogen and oxygen atoms in total. The Morgan fingerprint density at radius 3 is 2.34 bits per heavy atom. The SMILES string of the molecule is CC1(C(=O)N2CCN(C(=O)c3ccco3)CC2)CCN1CCOc1ccccc1. The summed E-state index contributed by atoms with van der Waals surface area (Å²) >= 11 is 0. The van der Waals surface area contributed by atoms with Crippen molar-refractivity contribution in [1.82, 2.24) is 14.7 Å². The Morgan fingerprint density at radius 2 is 1.72 bits per heavy atom. The number of hydrogen-bond donors (Lipinski definition) is 0. The van der Waals surface area contributed by atoms with Crippen molar-refractivity contribution in [2.24, 2.45) is 0 Å². The van der Waals surface area contributed by atoms with Gasteiger partial charge in [0.15, 0.2) is 5.76 Å². The molecule has 2 aliphatic rings. The highest BCUT2D eigenvalue weighted by molar-refractivity contribution is 5.92. The lowest BCUT2D eigenvalue weighted by molar-refractivity contribution is -0.154. The molecule has 0 spiro atoms. The molecule has 1 aromatic heterocycles. The minimum absolute atomic E-state index is 0.114. The molecule has 2 aromatic rings.